The normalized spacial score (nSPS) is 14.3. The highest BCUT2D eigenvalue weighted by atomic mass is 32.2. The zero-order valence-electron chi connectivity index (χ0n) is 24.4. The summed E-state index contributed by atoms with van der Waals surface area (Å²) >= 11 is 0. The number of nitrogens with zero attached hydrogens (tertiary/aromatic N) is 2. The average Bonchev–Trinajstić information content (AvgIpc) is 3.05. The molecule has 1 amide bonds. The van der Waals surface area contributed by atoms with Crippen LogP contribution in [0.3, 0.4) is 0 Å². The second kappa shape index (κ2) is 13.3. The Kier molecular flexibility index (Phi) is 9.30. The van der Waals surface area contributed by atoms with Gasteiger partial charge in [0.15, 0.2) is 11.5 Å². The van der Waals surface area contributed by atoms with Crippen molar-refractivity contribution in [1.29, 1.82) is 0 Å². The van der Waals surface area contributed by atoms with E-state index in [-0.39, 0.29) is 10.9 Å². The minimum absolute atomic E-state index is 0.0424. The first-order chi connectivity index (χ1) is 20.8. The monoisotopic (exact) mass is 601 g/mol. The molecule has 0 aromatic heterocycles. The Morgan fingerprint density at radius 1 is 0.721 bits per heavy atom. The lowest BCUT2D eigenvalue weighted by molar-refractivity contribution is 0.102. The first-order valence-corrected chi connectivity index (χ1v) is 15.3. The van der Waals surface area contributed by atoms with Crippen LogP contribution in [0.5, 0.6) is 17.2 Å². The molecule has 1 aliphatic heterocycles. The van der Waals surface area contributed by atoms with Gasteiger partial charge in [0.25, 0.3) is 5.91 Å². The van der Waals surface area contributed by atoms with E-state index in [1.54, 1.807) is 24.3 Å². The van der Waals surface area contributed by atoms with Crippen LogP contribution in [0.4, 0.5) is 5.69 Å². The van der Waals surface area contributed by atoms with Gasteiger partial charge in [-0.25, -0.2) is 8.42 Å². The third-order valence-corrected chi connectivity index (χ3v) is 9.46. The van der Waals surface area contributed by atoms with Crippen LogP contribution in [-0.2, 0) is 10.0 Å². The molecule has 9 nitrogen and oxygen atoms in total. The van der Waals surface area contributed by atoms with E-state index in [9.17, 15) is 13.2 Å². The van der Waals surface area contributed by atoms with Gasteiger partial charge >= 0.3 is 0 Å². The minimum atomic E-state index is -3.72. The molecule has 4 aromatic rings. The number of carbonyl (C=O) groups excluding carboxylic acids is 1. The van der Waals surface area contributed by atoms with Crippen LogP contribution in [0.25, 0.3) is 0 Å². The quantitative estimate of drug-likeness (QED) is 0.271. The molecule has 1 N–H and O–H groups in total. The van der Waals surface area contributed by atoms with E-state index in [2.05, 4.69) is 34.5 Å². The van der Waals surface area contributed by atoms with E-state index in [1.165, 1.54) is 48.9 Å². The van der Waals surface area contributed by atoms with Crippen molar-refractivity contribution in [2.75, 3.05) is 52.8 Å². The smallest absolute Gasteiger partial charge is 0.255 e. The summed E-state index contributed by atoms with van der Waals surface area (Å²) in [5.41, 5.74) is 3.10. The van der Waals surface area contributed by atoms with Gasteiger partial charge in [-0.05, 0) is 47.5 Å². The number of benzene rings is 4. The number of ether oxygens (including phenoxy) is 3. The van der Waals surface area contributed by atoms with Crippen molar-refractivity contribution < 1.29 is 27.4 Å². The first kappa shape index (κ1) is 30.1. The number of amides is 1. The van der Waals surface area contributed by atoms with Gasteiger partial charge in [-0.1, -0.05) is 60.7 Å². The number of sulfonamides is 1. The van der Waals surface area contributed by atoms with Crippen LogP contribution in [0.1, 0.15) is 27.5 Å². The van der Waals surface area contributed by atoms with Gasteiger partial charge < -0.3 is 19.5 Å². The maximum Gasteiger partial charge on any atom is 0.255 e. The highest BCUT2D eigenvalue weighted by Gasteiger charge is 2.32. The fourth-order valence-corrected chi connectivity index (χ4v) is 6.78. The molecule has 0 spiro atoms. The zero-order valence-corrected chi connectivity index (χ0v) is 25.2. The van der Waals surface area contributed by atoms with Gasteiger partial charge in [-0.2, -0.15) is 4.31 Å². The summed E-state index contributed by atoms with van der Waals surface area (Å²) < 4.78 is 44.6. The molecule has 4 aromatic carbocycles. The standard InChI is InChI=1S/C33H35N3O6S/c1-40-29-22-26(23-30(41-2)32(29)42-3)33(37)34-27-14-16-28(17-15-27)43(38,39)36-20-18-35(19-21-36)31(24-10-6-4-7-11-24)25-12-8-5-9-13-25/h4-17,22-23,31H,18-21H2,1-3H3,(H,34,37). The molecule has 0 bridgehead atoms. The number of anilines is 1. The Morgan fingerprint density at radius 2 is 1.23 bits per heavy atom. The lowest BCUT2D eigenvalue weighted by Crippen LogP contribution is -2.49. The number of carbonyl (C=O) groups is 1. The maximum atomic E-state index is 13.5. The number of piperazine rings is 1. The molecule has 224 valence electrons. The zero-order chi connectivity index (χ0) is 30.4. The minimum Gasteiger partial charge on any atom is -0.493 e. The molecule has 0 atom stereocenters. The van der Waals surface area contributed by atoms with E-state index >= 15 is 0 Å². The Bertz CT molecular complexity index is 1580. The van der Waals surface area contributed by atoms with E-state index in [1.807, 2.05) is 36.4 Å². The van der Waals surface area contributed by atoms with Gasteiger partial charge in [0.1, 0.15) is 0 Å². The van der Waals surface area contributed by atoms with Crippen molar-refractivity contribution in [3.63, 3.8) is 0 Å². The van der Waals surface area contributed by atoms with Crippen molar-refractivity contribution in [2.24, 2.45) is 0 Å². The van der Waals surface area contributed by atoms with Crippen LogP contribution in [0, 0.1) is 0 Å². The van der Waals surface area contributed by atoms with Crippen molar-refractivity contribution in [3.8, 4) is 17.2 Å². The molecular weight excluding hydrogens is 566 g/mol. The van der Waals surface area contributed by atoms with Crippen LogP contribution < -0.4 is 19.5 Å². The fraction of sp³-hybridized carbons (Fsp3) is 0.242. The van der Waals surface area contributed by atoms with Gasteiger partial charge in [-0.3, -0.25) is 9.69 Å². The number of hydrogen-bond donors (Lipinski definition) is 1. The van der Waals surface area contributed by atoms with E-state index in [4.69, 9.17) is 14.2 Å². The Labute approximate surface area is 252 Å². The van der Waals surface area contributed by atoms with Crippen molar-refractivity contribution in [1.82, 2.24) is 9.21 Å². The first-order valence-electron chi connectivity index (χ1n) is 13.9. The SMILES string of the molecule is COc1cc(C(=O)Nc2ccc(S(=O)(=O)N3CCN(C(c4ccccc4)c4ccccc4)CC3)cc2)cc(OC)c1OC. The van der Waals surface area contributed by atoms with Crippen molar-refractivity contribution in [2.45, 2.75) is 10.9 Å². The third kappa shape index (κ3) is 6.51. The highest BCUT2D eigenvalue weighted by Crippen LogP contribution is 2.38. The highest BCUT2D eigenvalue weighted by molar-refractivity contribution is 7.89. The molecule has 10 heteroatoms. The topological polar surface area (TPSA) is 97.4 Å². The predicted molar refractivity (Wildman–Crippen MR) is 166 cm³/mol. The summed E-state index contributed by atoms with van der Waals surface area (Å²) in [5.74, 6) is 0.685. The second-order valence-corrected chi connectivity index (χ2v) is 12.0. The van der Waals surface area contributed by atoms with Crippen LogP contribution in [-0.4, -0.2) is 71.0 Å². The number of rotatable bonds is 10. The molecule has 1 aliphatic rings. The lowest BCUT2D eigenvalue weighted by Gasteiger charge is -2.39. The molecule has 5 rings (SSSR count). The van der Waals surface area contributed by atoms with Crippen LogP contribution >= 0.6 is 0 Å². The summed E-state index contributed by atoms with van der Waals surface area (Å²) in [6, 6.07) is 29.9. The van der Waals surface area contributed by atoms with E-state index in [0.717, 1.165) is 0 Å². The Hall–Kier alpha value is -4.38. The molecule has 1 heterocycles. The Balaban J connectivity index is 1.26. The summed E-state index contributed by atoms with van der Waals surface area (Å²) in [6.45, 7) is 1.93. The summed E-state index contributed by atoms with van der Waals surface area (Å²) in [6.07, 6.45) is 0. The average molecular weight is 602 g/mol. The summed E-state index contributed by atoms with van der Waals surface area (Å²) in [7, 11) is 0.722. The molecule has 0 saturated carbocycles. The number of hydrogen-bond acceptors (Lipinski definition) is 7. The van der Waals surface area contributed by atoms with Crippen LogP contribution in [0.2, 0.25) is 0 Å². The van der Waals surface area contributed by atoms with Crippen molar-refractivity contribution in [3.05, 3.63) is 114 Å². The summed E-state index contributed by atoms with van der Waals surface area (Å²) in [4.78, 5) is 15.5. The molecule has 0 aliphatic carbocycles. The molecule has 43 heavy (non-hydrogen) atoms. The van der Waals surface area contributed by atoms with E-state index in [0.29, 0.717) is 54.7 Å². The second-order valence-electron chi connectivity index (χ2n) is 10.1. The van der Waals surface area contributed by atoms with Gasteiger partial charge in [-0.15, -0.1) is 0 Å². The molecule has 0 radical (unpaired) electrons. The fourth-order valence-electron chi connectivity index (χ4n) is 5.36. The predicted octanol–water partition coefficient (Wildman–Crippen LogP) is 5.06. The van der Waals surface area contributed by atoms with Gasteiger partial charge in [0.05, 0.1) is 32.3 Å². The van der Waals surface area contributed by atoms with Crippen molar-refractivity contribution >= 4 is 21.6 Å². The maximum absolute atomic E-state index is 13.5. The molecule has 1 fully saturated rings. The van der Waals surface area contributed by atoms with E-state index < -0.39 is 15.9 Å². The largest absolute Gasteiger partial charge is 0.493 e. The Morgan fingerprint density at radius 3 is 1.70 bits per heavy atom. The molecular formula is C33H35N3O6S. The molecule has 1 saturated heterocycles. The van der Waals surface area contributed by atoms with Gasteiger partial charge in [0, 0.05) is 37.4 Å². The summed E-state index contributed by atoms with van der Waals surface area (Å²) in [5, 5.41) is 2.80. The van der Waals surface area contributed by atoms with Crippen LogP contribution in [0.15, 0.2) is 102 Å². The molecule has 0 unspecified atom stereocenters. The number of methoxy groups -OCH3 is 3. The lowest BCUT2D eigenvalue weighted by atomic mass is 9.96. The third-order valence-electron chi connectivity index (χ3n) is 7.55. The van der Waals surface area contributed by atoms with Gasteiger partial charge in [0.2, 0.25) is 15.8 Å². The number of nitrogens with one attached hydrogen (secondary N) is 1.